The number of oxazole rings is 1. The lowest BCUT2D eigenvalue weighted by atomic mass is 9.95. The maximum Gasteiger partial charge on any atom is 0.245 e. The van der Waals surface area contributed by atoms with E-state index in [-0.39, 0.29) is 17.7 Å². The minimum Gasteiger partial charge on any atom is -0.438 e. The van der Waals surface area contributed by atoms with E-state index in [1.807, 2.05) is 13.8 Å². The molecule has 0 aliphatic carbocycles. The quantitative estimate of drug-likeness (QED) is 0.832. The van der Waals surface area contributed by atoms with Crippen molar-refractivity contribution in [2.45, 2.75) is 32.2 Å². The van der Waals surface area contributed by atoms with Gasteiger partial charge in [-0.05, 0) is 44.9 Å². The largest absolute Gasteiger partial charge is 0.438 e. The first-order valence-corrected chi connectivity index (χ1v) is 8.98. The van der Waals surface area contributed by atoms with Crippen molar-refractivity contribution in [1.29, 1.82) is 0 Å². The molecule has 2 aromatic rings. The first kappa shape index (κ1) is 18.5. The number of benzene rings is 1. The van der Waals surface area contributed by atoms with Crippen LogP contribution in [0.3, 0.4) is 0 Å². The summed E-state index contributed by atoms with van der Waals surface area (Å²) in [5.74, 6) is -0.0989. The normalized spacial score (nSPS) is 18.0. The highest BCUT2D eigenvalue weighted by Gasteiger charge is 2.34. The van der Waals surface area contributed by atoms with Crippen molar-refractivity contribution < 1.29 is 14.0 Å². The number of carbonyl (C=O) groups is 2. The average molecular weight is 376 g/mol. The number of fused-ring (bicyclic) bond motifs is 1. The molecule has 1 N–H and O–H groups in total. The number of hydrogen-bond donors (Lipinski definition) is 1. The maximum atomic E-state index is 12.7. The molecule has 1 saturated heterocycles. The van der Waals surface area contributed by atoms with Crippen LogP contribution in [0.4, 0.5) is 0 Å². The summed E-state index contributed by atoms with van der Waals surface area (Å²) in [5, 5.41) is 3.57. The summed E-state index contributed by atoms with van der Waals surface area (Å²) in [4.78, 5) is 30.7. The summed E-state index contributed by atoms with van der Waals surface area (Å²) >= 11 is 5.98. The number of piperidine rings is 1. The van der Waals surface area contributed by atoms with Crippen LogP contribution in [0.5, 0.6) is 0 Å². The fraction of sp³-hybridized carbons (Fsp3) is 0.421. The van der Waals surface area contributed by atoms with E-state index in [1.165, 1.54) is 6.08 Å². The van der Waals surface area contributed by atoms with Crippen LogP contribution in [0.25, 0.3) is 11.1 Å². The Morgan fingerprint density at radius 2 is 2.23 bits per heavy atom. The topological polar surface area (TPSA) is 75.4 Å². The summed E-state index contributed by atoms with van der Waals surface area (Å²) in [5.41, 5.74) is 0.482. The van der Waals surface area contributed by atoms with Gasteiger partial charge in [-0.3, -0.25) is 9.59 Å². The van der Waals surface area contributed by atoms with Crippen molar-refractivity contribution in [3.63, 3.8) is 0 Å². The van der Waals surface area contributed by atoms with Crippen LogP contribution in [0.15, 0.2) is 35.3 Å². The maximum absolute atomic E-state index is 12.7. The summed E-state index contributed by atoms with van der Waals surface area (Å²) in [6, 6.07) is 5.22. The Labute approximate surface area is 157 Å². The molecule has 1 unspecified atom stereocenters. The molecule has 0 saturated carbocycles. The van der Waals surface area contributed by atoms with Crippen LogP contribution in [-0.4, -0.2) is 34.8 Å². The molecular formula is C19H22ClN3O3. The van der Waals surface area contributed by atoms with Gasteiger partial charge < -0.3 is 14.6 Å². The fourth-order valence-corrected chi connectivity index (χ4v) is 3.31. The lowest BCUT2D eigenvalue weighted by molar-refractivity contribution is -0.133. The molecule has 1 aromatic heterocycles. The molecule has 0 radical (unpaired) electrons. The highest BCUT2D eigenvalue weighted by molar-refractivity contribution is 6.31. The SMILES string of the molecule is C=CC(=O)N1CCCC(C(=O)NC(C)(C)c2nc3ccc(Cl)cc3o2)C1. The number of rotatable bonds is 4. The Morgan fingerprint density at radius 3 is 2.96 bits per heavy atom. The molecule has 138 valence electrons. The third-order valence-electron chi connectivity index (χ3n) is 4.60. The van der Waals surface area contributed by atoms with Crippen molar-refractivity contribution in [3.05, 3.63) is 41.8 Å². The van der Waals surface area contributed by atoms with E-state index >= 15 is 0 Å². The molecule has 0 spiro atoms. The molecule has 1 aliphatic rings. The van der Waals surface area contributed by atoms with Gasteiger partial charge in [-0.15, -0.1) is 0 Å². The van der Waals surface area contributed by atoms with Crippen molar-refractivity contribution in [3.8, 4) is 0 Å². The number of halogens is 1. The summed E-state index contributed by atoms with van der Waals surface area (Å²) in [6.07, 6.45) is 2.82. The third-order valence-corrected chi connectivity index (χ3v) is 4.83. The van der Waals surface area contributed by atoms with Crippen molar-refractivity contribution in [1.82, 2.24) is 15.2 Å². The Hall–Kier alpha value is -2.34. The van der Waals surface area contributed by atoms with Crippen LogP contribution < -0.4 is 5.32 Å². The highest BCUT2D eigenvalue weighted by Crippen LogP contribution is 2.27. The monoisotopic (exact) mass is 375 g/mol. The number of amides is 2. The number of carbonyl (C=O) groups excluding carboxylic acids is 2. The zero-order valence-corrected chi connectivity index (χ0v) is 15.7. The van der Waals surface area contributed by atoms with E-state index in [0.717, 1.165) is 12.8 Å². The van der Waals surface area contributed by atoms with Gasteiger partial charge in [0.05, 0.1) is 5.92 Å². The molecule has 26 heavy (non-hydrogen) atoms. The minimum atomic E-state index is -0.784. The second kappa shape index (κ2) is 7.11. The van der Waals surface area contributed by atoms with Gasteiger partial charge in [0.1, 0.15) is 11.1 Å². The number of nitrogens with one attached hydrogen (secondary N) is 1. The molecule has 1 aromatic carbocycles. The van der Waals surface area contributed by atoms with Crippen molar-refractivity contribution in [2.24, 2.45) is 5.92 Å². The molecule has 1 atom stereocenters. The van der Waals surface area contributed by atoms with E-state index < -0.39 is 5.54 Å². The van der Waals surface area contributed by atoms with Gasteiger partial charge in [-0.25, -0.2) is 4.98 Å². The predicted molar refractivity (Wildman–Crippen MR) is 99.7 cm³/mol. The van der Waals surface area contributed by atoms with Crippen molar-refractivity contribution >= 4 is 34.5 Å². The Bertz CT molecular complexity index is 859. The molecule has 2 amide bonds. The number of aromatic nitrogens is 1. The summed E-state index contributed by atoms with van der Waals surface area (Å²) in [7, 11) is 0. The highest BCUT2D eigenvalue weighted by atomic mass is 35.5. The van der Waals surface area contributed by atoms with E-state index in [0.29, 0.717) is 35.1 Å². The molecule has 0 bridgehead atoms. The first-order chi connectivity index (χ1) is 12.3. The van der Waals surface area contributed by atoms with Gasteiger partial charge in [0.2, 0.25) is 17.7 Å². The van der Waals surface area contributed by atoms with Gasteiger partial charge in [0.25, 0.3) is 0 Å². The summed E-state index contributed by atoms with van der Waals surface area (Å²) in [6.45, 7) is 8.25. The zero-order chi connectivity index (χ0) is 18.9. The molecule has 2 heterocycles. The Morgan fingerprint density at radius 1 is 1.46 bits per heavy atom. The van der Waals surface area contributed by atoms with Crippen LogP contribution in [0, 0.1) is 5.92 Å². The standard InChI is InChI=1S/C19H22ClN3O3/c1-4-16(24)23-9-5-6-12(11-23)17(25)22-19(2,3)18-21-14-8-7-13(20)10-15(14)26-18/h4,7-8,10,12H,1,5-6,9,11H2,2-3H3,(H,22,25). The van der Waals surface area contributed by atoms with Gasteiger partial charge in [0, 0.05) is 24.2 Å². The second-order valence-corrected chi connectivity index (χ2v) is 7.51. The van der Waals surface area contributed by atoms with Crippen molar-refractivity contribution in [2.75, 3.05) is 13.1 Å². The fourth-order valence-electron chi connectivity index (χ4n) is 3.15. The first-order valence-electron chi connectivity index (χ1n) is 8.60. The van der Waals surface area contributed by atoms with Crippen LogP contribution in [0.1, 0.15) is 32.6 Å². The number of nitrogens with zero attached hydrogens (tertiary/aromatic N) is 2. The van der Waals surface area contributed by atoms with E-state index in [1.54, 1.807) is 23.1 Å². The third kappa shape index (κ3) is 3.75. The molecular weight excluding hydrogens is 354 g/mol. The van der Waals surface area contributed by atoms with Crippen LogP contribution >= 0.6 is 11.6 Å². The van der Waals surface area contributed by atoms with Crippen LogP contribution in [0.2, 0.25) is 5.02 Å². The van der Waals surface area contributed by atoms with E-state index in [2.05, 4.69) is 16.9 Å². The Kier molecular flexibility index (Phi) is 5.05. The predicted octanol–water partition coefficient (Wildman–Crippen LogP) is 3.26. The zero-order valence-electron chi connectivity index (χ0n) is 14.9. The molecule has 1 aliphatic heterocycles. The smallest absolute Gasteiger partial charge is 0.245 e. The van der Waals surface area contributed by atoms with Gasteiger partial charge >= 0.3 is 0 Å². The van der Waals surface area contributed by atoms with E-state index in [9.17, 15) is 9.59 Å². The average Bonchev–Trinajstić information content (AvgIpc) is 3.05. The van der Waals surface area contributed by atoms with E-state index in [4.69, 9.17) is 16.0 Å². The summed E-state index contributed by atoms with van der Waals surface area (Å²) < 4.78 is 5.79. The van der Waals surface area contributed by atoms with Crippen LogP contribution in [-0.2, 0) is 15.1 Å². The lowest BCUT2D eigenvalue weighted by Crippen LogP contribution is -2.49. The molecule has 1 fully saturated rings. The van der Waals surface area contributed by atoms with Gasteiger partial charge in [0.15, 0.2) is 5.58 Å². The molecule has 6 nitrogen and oxygen atoms in total. The second-order valence-electron chi connectivity index (χ2n) is 7.07. The lowest BCUT2D eigenvalue weighted by Gasteiger charge is -2.33. The Balaban J connectivity index is 1.74. The van der Waals surface area contributed by atoms with Gasteiger partial charge in [-0.2, -0.15) is 0 Å². The number of likely N-dealkylation sites (tertiary alicyclic amines) is 1. The van der Waals surface area contributed by atoms with Gasteiger partial charge in [-0.1, -0.05) is 18.2 Å². The molecule has 7 heteroatoms. The molecule has 3 rings (SSSR count). The minimum absolute atomic E-state index is 0.114. The number of hydrogen-bond acceptors (Lipinski definition) is 4.